The van der Waals surface area contributed by atoms with Crippen LogP contribution in [0.2, 0.25) is 5.02 Å². The third-order valence-electron chi connectivity index (χ3n) is 3.40. The molecule has 0 spiro atoms. The normalized spacial score (nSPS) is 10.0. The first-order valence-corrected chi connectivity index (χ1v) is 9.27. The van der Waals surface area contributed by atoms with Gasteiger partial charge in [-0.25, -0.2) is 0 Å². The van der Waals surface area contributed by atoms with E-state index in [2.05, 4.69) is 16.2 Å². The van der Waals surface area contributed by atoms with Crippen molar-refractivity contribution in [2.75, 3.05) is 26.9 Å². The van der Waals surface area contributed by atoms with Crippen molar-refractivity contribution < 1.29 is 23.8 Å². The van der Waals surface area contributed by atoms with Crippen LogP contribution in [0.5, 0.6) is 11.5 Å². The fourth-order valence-electron chi connectivity index (χ4n) is 1.99. The molecule has 0 bridgehead atoms. The van der Waals surface area contributed by atoms with Gasteiger partial charge in [-0.2, -0.15) is 0 Å². The first-order chi connectivity index (χ1) is 14.0. The van der Waals surface area contributed by atoms with Crippen LogP contribution in [-0.4, -0.2) is 43.9 Å². The number of halogens is 1. The van der Waals surface area contributed by atoms with Crippen LogP contribution < -0.4 is 25.6 Å². The maximum Gasteiger partial charge on any atom is 0.276 e. The Hall–Kier alpha value is -2.88. The Kier molecular flexibility index (Phi) is 9.16. The molecule has 0 aliphatic rings. The minimum Gasteiger partial charge on any atom is -0.491 e. The molecule has 29 heavy (non-hydrogen) atoms. The third-order valence-corrected chi connectivity index (χ3v) is 3.85. The fraction of sp³-hybridized carbons (Fsp3) is 0.211. The van der Waals surface area contributed by atoms with Gasteiger partial charge in [0, 0.05) is 17.7 Å². The van der Waals surface area contributed by atoms with Crippen LogP contribution in [0, 0.1) is 0 Å². The molecule has 154 valence electrons. The Morgan fingerprint density at radius 2 is 1.55 bits per heavy atom. The standard InChI is InChI=1S/C19H20ClN3O5S/c1-26-10-11-27-15-6-2-13(3-7-15)18(25)21-19(29)23-22-17(24)12-28-16-8-4-14(20)5-9-16/h2-9H,10-12H2,1H3,(H,22,24)(H2,21,23,25,29). The van der Waals surface area contributed by atoms with Crippen molar-refractivity contribution in [1.29, 1.82) is 0 Å². The molecule has 0 saturated heterocycles. The summed E-state index contributed by atoms with van der Waals surface area (Å²) < 4.78 is 15.6. The molecule has 0 aliphatic carbocycles. The van der Waals surface area contributed by atoms with Crippen molar-refractivity contribution in [2.45, 2.75) is 0 Å². The zero-order valence-electron chi connectivity index (χ0n) is 15.6. The Morgan fingerprint density at radius 1 is 0.931 bits per heavy atom. The second-order valence-electron chi connectivity index (χ2n) is 5.56. The van der Waals surface area contributed by atoms with Crippen LogP contribution in [0.4, 0.5) is 0 Å². The van der Waals surface area contributed by atoms with E-state index in [0.29, 0.717) is 35.3 Å². The molecular formula is C19H20ClN3O5S. The Bertz CT molecular complexity index is 831. The molecule has 3 N–H and O–H groups in total. The molecule has 2 amide bonds. The molecular weight excluding hydrogens is 418 g/mol. The average Bonchev–Trinajstić information content (AvgIpc) is 2.72. The molecule has 8 nitrogen and oxygen atoms in total. The number of methoxy groups -OCH3 is 1. The quantitative estimate of drug-likeness (QED) is 0.330. The lowest BCUT2D eigenvalue weighted by Gasteiger charge is -2.12. The van der Waals surface area contributed by atoms with Crippen LogP contribution in [0.1, 0.15) is 10.4 Å². The Morgan fingerprint density at radius 3 is 2.21 bits per heavy atom. The third kappa shape index (κ3) is 8.34. The molecule has 0 unspecified atom stereocenters. The molecule has 0 saturated carbocycles. The van der Waals surface area contributed by atoms with Gasteiger partial charge in [0.05, 0.1) is 6.61 Å². The Labute approximate surface area is 178 Å². The van der Waals surface area contributed by atoms with Gasteiger partial charge < -0.3 is 14.2 Å². The lowest BCUT2D eigenvalue weighted by atomic mass is 10.2. The van der Waals surface area contributed by atoms with Gasteiger partial charge in [-0.3, -0.25) is 25.8 Å². The minimum atomic E-state index is -0.478. The summed E-state index contributed by atoms with van der Waals surface area (Å²) in [4.78, 5) is 23.9. The lowest BCUT2D eigenvalue weighted by Crippen LogP contribution is -2.49. The van der Waals surface area contributed by atoms with Gasteiger partial charge in [-0.15, -0.1) is 0 Å². The lowest BCUT2D eigenvalue weighted by molar-refractivity contribution is -0.123. The van der Waals surface area contributed by atoms with E-state index < -0.39 is 11.8 Å². The van der Waals surface area contributed by atoms with Crippen molar-refractivity contribution in [3.8, 4) is 11.5 Å². The van der Waals surface area contributed by atoms with Crippen molar-refractivity contribution in [3.63, 3.8) is 0 Å². The molecule has 2 aromatic rings. The summed E-state index contributed by atoms with van der Waals surface area (Å²) in [7, 11) is 1.59. The van der Waals surface area contributed by atoms with Gasteiger partial charge in [0.25, 0.3) is 11.8 Å². The van der Waals surface area contributed by atoms with Gasteiger partial charge >= 0.3 is 0 Å². The van der Waals surface area contributed by atoms with E-state index in [0.717, 1.165) is 0 Å². The topological polar surface area (TPSA) is 97.9 Å². The highest BCUT2D eigenvalue weighted by Crippen LogP contribution is 2.15. The zero-order valence-corrected chi connectivity index (χ0v) is 17.1. The number of carbonyl (C=O) groups excluding carboxylic acids is 2. The Balaban J connectivity index is 1.70. The van der Waals surface area contributed by atoms with E-state index >= 15 is 0 Å². The smallest absolute Gasteiger partial charge is 0.276 e. The van der Waals surface area contributed by atoms with E-state index in [-0.39, 0.29) is 11.7 Å². The number of carbonyl (C=O) groups is 2. The minimum absolute atomic E-state index is 0.0599. The molecule has 0 heterocycles. The predicted octanol–water partition coefficient (Wildman–Crippen LogP) is 2.08. The predicted molar refractivity (Wildman–Crippen MR) is 112 cm³/mol. The van der Waals surface area contributed by atoms with E-state index in [4.69, 9.17) is 38.0 Å². The molecule has 0 atom stereocenters. The van der Waals surface area contributed by atoms with Crippen LogP contribution >= 0.6 is 23.8 Å². The highest BCUT2D eigenvalue weighted by atomic mass is 35.5. The first-order valence-electron chi connectivity index (χ1n) is 8.48. The van der Waals surface area contributed by atoms with Crippen LogP contribution in [0.3, 0.4) is 0 Å². The number of thiocarbonyl (C=S) groups is 1. The average molecular weight is 438 g/mol. The maximum atomic E-state index is 12.2. The summed E-state index contributed by atoms with van der Waals surface area (Å²) in [5.74, 6) is 0.203. The summed E-state index contributed by atoms with van der Waals surface area (Å²) in [5, 5.41) is 2.96. The molecule has 0 radical (unpaired) electrons. The SMILES string of the molecule is COCCOc1ccc(C(=O)NC(=S)NNC(=O)COc2ccc(Cl)cc2)cc1. The number of ether oxygens (including phenoxy) is 3. The monoisotopic (exact) mass is 437 g/mol. The summed E-state index contributed by atoms with van der Waals surface area (Å²) in [6, 6.07) is 13.1. The van der Waals surface area contributed by atoms with E-state index in [1.807, 2.05) is 0 Å². The summed E-state index contributed by atoms with van der Waals surface area (Å²) in [6.07, 6.45) is 0. The van der Waals surface area contributed by atoms with Gasteiger partial charge in [-0.1, -0.05) is 11.6 Å². The number of amides is 2. The second kappa shape index (κ2) is 11.8. The number of benzene rings is 2. The highest BCUT2D eigenvalue weighted by Gasteiger charge is 2.09. The van der Waals surface area contributed by atoms with Crippen molar-refractivity contribution in [1.82, 2.24) is 16.2 Å². The summed E-state index contributed by atoms with van der Waals surface area (Å²) in [5.41, 5.74) is 5.15. The molecule has 0 aliphatic heterocycles. The summed E-state index contributed by atoms with van der Waals surface area (Å²) in [6.45, 7) is 0.645. The zero-order chi connectivity index (χ0) is 21.1. The second-order valence-corrected chi connectivity index (χ2v) is 6.41. The summed E-state index contributed by atoms with van der Waals surface area (Å²) >= 11 is 10.8. The number of hydrogen-bond acceptors (Lipinski definition) is 6. The van der Waals surface area contributed by atoms with E-state index in [1.165, 1.54) is 0 Å². The number of nitrogens with one attached hydrogen (secondary N) is 3. The highest BCUT2D eigenvalue weighted by molar-refractivity contribution is 7.80. The molecule has 0 fully saturated rings. The van der Waals surface area contributed by atoms with E-state index in [9.17, 15) is 9.59 Å². The van der Waals surface area contributed by atoms with Crippen LogP contribution in [0.25, 0.3) is 0 Å². The number of hydrazine groups is 1. The molecule has 0 aromatic heterocycles. The number of hydrogen-bond donors (Lipinski definition) is 3. The van der Waals surface area contributed by atoms with Gasteiger partial charge in [0.1, 0.15) is 18.1 Å². The number of rotatable bonds is 8. The van der Waals surface area contributed by atoms with Gasteiger partial charge in [-0.05, 0) is 60.7 Å². The van der Waals surface area contributed by atoms with Crippen molar-refractivity contribution in [2.24, 2.45) is 0 Å². The van der Waals surface area contributed by atoms with Crippen molar-refractivity contribution >= 4 is 40.7 Å². The first kappa shape index (κ1) is 22.4. The molecule has 2 aromatic carbocycles. The molecule has 2 rings (SSSR count). The van der Waals surface area contributed by atoms with E-state index in [1.54, 1.807) is 55.6 Å². The molecule has 10 heteroatoms. The fourth-order valence-corrected chi connectivity index (χ4v) is 2.26. The van der Waals surface area contributed by atoms with Gasteiger partial charge in [0.15, 0.2) is 11.7 Å². The van der Waals surface area contributed by atoms with Crippen LogP contribution in [0.15, 0.2) is 48.5 Å². The van der Waals surface area contributed by atoms with Gasteiger partial charge in [0.2, 0.25) is 0 Å². The van der Waals surface area contributed by atoms with Crippen molar-refractivity contribution in [3.05, 3.63) is 59.1 Å². The largest absolute Gasteiger partial charge is 0.491 e. The maximum absolute atomic E-state index is 12.2. The van der Waals surface area contributed by atoms with Crippen LogP contribution in [-0.2, 0) is 9.53 Å².